The first kappa shape index (κ1) is 14.1. The van der Waals surface area contributed by atoms with E-state index in [2.05, 4.69) is 38.1 Å². The summed E-state index contributed by atoms with van der Waals surface area (Å²) in [5, 5.41) is 0. The summed E-state index contributed by atoms with van der Waals surface area (Å²) < 4.78 is 0. The lowest BCUT2D eigenvalue weighted by Crippen LogP contribution is -2.48. The summed E-state index contributed by atoms with van der Waals surface area (Å²) in [6.45, 7) is 4.70. The lowest BCUT2D eigenvalue weighted by Gasteiger charge is -2.46. The summed E-state index contributed by atoms with van der Waals surface area (Å²) >= 11 is 0. The van der Waals surface area contributed by atoms with Gasteiger partial charge in [0.2, 0.25) is 0 Å². The Morgan fingerprint density at radius 2 is 2.00 bits per heavy atom. The third kappa shape index (κ3) is 2.30. The molecule has 1 heteroatoms. The van der Waals surface area contributed by atoms with Crippen molar-refractivity contribution in [2.75, 3.05) is 0 Å². The predicted molar refractivity (Wildman–Crippen MR) is 85.7 cm³/mol. The average molecular weight is 271 g/mol. The Morgan fingerprint density at radius 3 is 2.80 bits per heavy atom. The number of nitrogens with two attached hydrogens (primary N) is 1. The lowest BCUT2D eigenvalue weighted by molar-refractivity contribution is 0.140. The maximum atomic E-state index is 7.02. The van der Waals surface area contributed by atoms with Gasteiger partial charge in [-0.2, -0.15) is 0 Å². The van der Waals surface area contributed by atoms with E-state index in [-0.39, 0.29) is 5.54 Å². The van der Waals surface area contributed by atoms with Crippen molar-refractivity contribution in [3.05, 3.63) is 35.4 Å². The highest BCUT2D eigenvalue weighted by Crippen LogP contribution is 2.48. The molecular formula is C19H29N. The zero-order valence-electron chi connectivity index (χ0n) is 13.1. The molecule has 4 unspecified atom stereocenters. The SMILES string of the molecule is CCC1CCCC(C2(N)CCC(C)c3ccccc32)C1. The van der Waals surface area contributed by atoms with E-state index in [1.807, 2.05) is 0 Å². The molecule has 0 amide bonds. The van der Waals surface area contributed by atoms with Crippen LogP contribution in [0.2, 0.25) is 0 Å². The van der Waals surface area contributed by atoms with Gasteiger partial charge in [0.15, 0.2) is 0 Å². The summed E-state index contributed by atoms with van der Waals surface area (Å²) in [6, 6.07) is 8.97. The molecule has 2 aliphatic carbocycles. The first-order valence-electron chi connectivity index (χ1n) is 8.53. The minimum atomic E-state index is -0.0586. The highest BCUT2D eigenvalue weighted by molar-refractivity contribution is 5.39. The van der Waals surface area contributed by atoms with Crippen LogP contribution in [-0.4, -0.2) is 0 Å². The van der Waals surface area contributed by atoms with E-state index in [0.717, 1.165) is 5.92 Å². The molecule has 0 aliphatic heterocycles. The first-order valence-corrected chi connectivity index (χ1v) is 8.53. The van der Waals surface area contributed by atoms with Gasteiger partial charge in [-0.25, -0.2) is 0 Å². The van der Waals surface area contributed by atoms with Crippen molar-refractivity contribution in [3.8, 4) is 0 Å². The Bertz CT molecular complexity index is 467. The summed E-state index contributed by atoms with van der Waals surface area (Å²) in [6.07, 6.45) is 9.21. The van der Waals surface area contributed by atoms with Crippen LogP contribution in [0.4, 0.5) is 0 Å². The zero-order valence-corrected chi connectivity index (χ0v) is 13.1. The first-order chi connectivity index (χ1) is 9.65. The molecule has 1 aromatic carbocycles. The molecule has 0 heterocycles. The Morgan fingerprint density at radius 1 is 1.20 bits per heavy atom. The van der Waals surface area contributed by atoms with Crippen LogP contribution >= 0.6 is 0 Å². The van der Waals surface area contributed by atoms with Crippen molar-refractivity contribution in [2.45, 2.75) is 70.3 Å². The Labute approximate surface area is 124 Å². The van der Waals surface area contributed by atoms with Crippen molar-refractivity contribution < 1.29 is 0 Å². The lowest BCUT2D eigenvalue weighted by atomic mass is 9.62. The fourth-order valence-electron chi connectivity index (χ4n) is 4.65. The van der Waals surface area contributed by atoms with E-state index in [0.29, 0.717) is 11.8 Å². The standard InChI is InChI=1S/C19H29N/c1-3-15-7-6-8-16(13-15)19(20)12-11-14(2)17-9-4-5-10-18(17)19/h4-5,9-10,14-16H,3,6-8,11-13,20H2,1-2H3. The van der Waals surface area contributed by atoms with Crippen molar-refractivity contribution in [1.82, 2.24) is 0 Å². The maximum Gasteiger partial charge on any atom is 0.0441 e. The zero-order chi connectivity index (χ0) is 14.2. The fourth-order valence-corrected chi connectivity index (χ4v) is 4.65. The number of hydrogen-bond acceptors (Lipinski definition) is 1. The number of rotatable bonds is 2. The summed E-state index contributed by atoms with van der Waals surface area (Å²) in [5.41, 5.74) is 9.94. The van der Waals surface area contributed by atoms with E-state index in [1.165, 1.54) is 56.1 Å². The van der Waals surface area contributed by atoms with Crippen LogP contribution in [0, 0.1) is 11.8 Å². The van der Waals surface area contributed by atoms with Gasteiger partial charge in [-0.15, -0.1) is 0 Å². The van der Waals surface area contributed by atoms with E-state index in [4.69, 9.17) is 5.73 Å². The molecule has 0 radical (unpaired) electrons. The van der Waals surface area contributed by atoms with Gasteiger partial charge in [-0.05, 0) is 54.6 Å². The van der Waals surface area contributed by atoms with Crippen LogP contribution in [0.3, 0.4) is 0 Å². The van der Waals surface area contributed by atoms with Crippen molar-refractivity contribution in [2.24, 2.45) is 17.6 Å². The van der Waals surface area contributed by atoms with Gasteiger partial charge in [-0.1, -0.05) is 57.4 Å². The molecule has 1 saturated carbocycles. The minimum absolute atomic E-state index is 0.0586. The largest absolute Gasteiger partial charge is 0.321 e. The Hall–Kier alpha value is -0.820. The predicted octanol–water partition coefficient (Wildman–Crippen LogP) is 4.95. The monoisotopic (exact) mass is 271 g/mol. The number of hydrogen-bond donors (Lipinski definition) is 1. The van der Waals surface area contributed by atoms with Gasteiger partial charge in [0.1, 0.15) is 0 Å². The van der Waals surface area contributed by atoms with Crippen LogP contribution in [0.1, 0.15) is 75.8 Å². The third-order valence-electron chi connectivity index (χ3n) is 6.07. The van der Waals surface area contributed by atoms with Gasteiger partial charge in [0.05, 0.1) is 0 Å². The molecule has 3 rings (SSSR count). The van der Waals surface area contributed by atoms with Gasteiger partial charge in [-0.3, -0.25) is 0 Å². The van der Waals surface area contributed by atoms with E-state index in [1.54, 1.807) is 0 Å². The third-order valence-corrected chi connectivity index (χ3v) is 6.07. The molecule has 1 aromatic rings. The maximum absolute atomic E-state index is 7.02. The molecule has 2 aliphatic rings. The number of benzene rings is 1. The molecule has 0 spiro atoms. The summed E-state index contributed by atoms with van der Waals surface area (Å²) in [4.78, 5) is 0. The molecule has 0 saturated heterocycles. The van der Waals surface area contributed by atoms with Gasteiger partial charge in [0, 0.05) is 5.54 Å². The van der Waals surface area contributed by atoms with Gasteiger partial charge < -0.3 is 5.73 Å². The minimum Gasteiger partial charge on any atom is -0.321 e. The van der Waals surface area contributed by atoms with Gasteiger partial charge >= 0.3 is 0 Å². The second-order valence-electron chi connectivity index (χ2n) is 7.21. The fraction of sp³-hybridized carbons (Fsp3) is 0.684. The second-order valence-corrected chi connectivity index (χ2v) is 7.21. The van der Waals surface area contributed by atoms with E-state index < -0.39 is 0 Å². The highest BCUT2D eigenvalue weighted by atomic mass is 14.8. The van der Waals surface area contributed by atoms with Crippen molar-refractivity contribution in [3.63, 3.8) is 0 Å². The molecule has 1 nitrogen and oxygen atoms in total. The topological polar surface area (TPSA) is 26.0 Å². The molecule has 4 atom stereocenters. The highest BCUT2D eigenvalue weighted by Gasteiger charge is 2.42. The van der Waals surface area contributed by atoms with E-state index in [9.17, 15) is 0 Å². The number of fused-ring (bicyclic) bond motifs is 1. The van der Waals surface area contributed by atoms with Crippen LogP contribution in [0.25, 0.3) is 0 Å². The normalized spacial score (nSPS) is 37.5. The Kier molecular flexibility index (Phi) is 3.90. The molecule has 0 bridgehead atoms. The molecule has 20 heavy (non-hydrogen) atoms. The summed E-state index contributed by atoms with van der Waals surface area (Å²) in [5.74, 6) is 2.27. The Balaban J connectivity index is 1.94. The molecule has 110 valence electrons. The smallest absolute Gasteiger partial charge is 0.0441 e. The van der Waals surface area contributed by atoms with Crippen molar-refractivity contribution >= 4 is 0 Å². The van der Waals surface area contributed by atoms with Crippen LogP contribution in [0.5, 0.6) is 0 Å². The second kappa shape index (κ2) is 5.52. The summed E-state index contributed by atoms with van der Waals surface area (Å²) in [7, 11) is 0. The molecule has 1 fully saturated rings. The van der Waals surface area contributed by atoms with E-state index >= 15 is 0 Å². The van der Waals surface area contributed by atoms with Gasteiger partial charge in [0.25, 0.3) is 0 Å². The molecule has 2 N–H and O–H groups in total. The van der Waals surface area contributed by atoms with Crippen molar-refractivity contribution in [1.29, 1.82) is 0 Å². The molecule has 0 aromatic heterocycles. The van der Waals surface area contributed by atoms with Crippen LogP contribution < -0.4 is 5.73 Å². The molecular weight excluding hydrogens is 242 g/mol. The quantitative estimate of drug-likeness (QED) is 0.809. The average Bonchev–Trinajstić information content (AvgIpc) is 2.51. The van der Waals surface area contributed by atoms with Crippen LogP contribution in [0.15, 0.2) is 24.3 Å². The van der Waals surface area contributed by atoms with Crippen LogP contribution in [-0.2, 0) is 5.54 Å².